The molecule has 0 aliphatic carbocycles. The third-order valence-corrected chi connectivity index (χ3v) is 1.94. The Morgan fingerprint density at radius 3 is 2.05 bits per heavy atom. The molecule has 4 nitrogen and oxygen atoms in total. The zero-order valence-electron chi connectivity index (χ0n) is 10.1. The molecular formula is C11H5F7O4. The number of halogens is 7. The molecule has 0 aliphatic heterocycles. The lowest BCUT2D eigenvalue weighted by Crippen LogP contribution is -2.21. The second-order valence-electron chi connectivity index (χ2n) is 3.56. The first-order chi connectivity index (χ1) is 9.89. The summed E-state index contributed by atoms with van der Waals surface area (Å²) in [6.45, 7) is 0. The average molecular weight is 334 g/mol. The summed E-state index contributed by atoms with van der Waals surface area (Å²) < 4.78 is 92.7. The van der Waals surface area contributed by atoms with Crippen molar-refractivity contribution < 1.29 is 50.1 Å². The average Bonchev–Trinajstić information content (AvgIpc) is 2.30. The van der Waals surface area contributed by atoms with Crippen LogP contribution in [0.2, 0.25) is 0 Å². The van der Waals surface area contributed by atoms with Crippen molar-refractivity contribution in [2.45, 2.75) is 12.7 Å². The maximum absolute atomic E-state index is 13.7. The van der Waals surface area contributed by atoms with Crippen molar-refractivity contribution in [2.24, 2.45) is 0 Å². The van der Waals surface area contributed by atoms with Crippen LogP contribution in [0.25, 0.3) is 6.08 Å². The quantitative estimate of drug-likeness (QED) is 0.673. The molecule has 0 aromatic heterocycles. The Morgan fingerprint density at radius 2 is 1.59 bits per heavy atom. The molecule has 11 heteroatoms. The lowest BCUT2D eigenvalue weighted by Gasteiger charge is -2.15. The van der Waals surface area contributed by atoms with Gasteiger partial charge in [0, 0.05) is 11.6 Å². The van der Waals surface area contributed by atoms with E-state index in [0.717, 1.165) is 0 Å². The number of aliphatic carboxylic acids is 1. The van der Waals surface area contributed by atoms with Gasteiger partial charge in [-0.15, -0.1) is 26.3 Å². The first-order valence-electron chi connectivity index (χ1n) is 5.14. The smallest absolute Gasteiger partial charge is 0.478 e. The van der Waals surface area contributed by atoms with Gasteiger partial charge in [0.2, 0.25) is 5.82 Å². The maximum Gasteiger partial charge on any atom is 0.573 e. The highest BCUT2D eigenvalue weighted by Crippen LogP contribution is 2.37. The van der Waals surface area contributed by atoms with Crippen LogP contribution < -0.4 is 9.47 Å². The molecule has 0 atom stereocenters. The second kappa shape index (κ2) is 6.12. The van der Waals surface area contributed by atoms with E-state index in [4.69, 9.17) is 5.11 Å². The predicted molar refractivity (Wildman–Crippen MR) is 56.4 cm³/mol. The molecule has 0 bridgehead atoms. The van der Waals surface area contributed by atoms with E-state index in [0.29, 0.717) is 24.3 Å². The molecule has 0 saturated heterocycles. The number of hydrogen-bond acceptors (Lipinski definition) is 3. The van der Waals surface area contributed by atoms with E-state index in [1.165, 1.54) is 0 Å². The molecule has 0 spiro atoms. The summed E-state index contributed by atoms with van der Waals surface area (Å²) in [5.74, 6) is -6.86. The van der Waals surface area contributed by atoms with E-state index in [2.05, 4.69) is 9.47 Å². The van der Waals surface area contributed by atoms with Gasteiger partial charge in [-0.25, -0.2) is 4.79 Å². The van der Waals surface area contributed by atoms with Crippen molar-refractivity contribution >= 4 is 12.0 Å². The fourth-order valence-corrected chi connectivity index (χ4v) is 1.27. The molecule has 122 valence electrons. The number of ether oxygens (including phenoxy) is 2. The van der Waals surface area contributed by atoms with Crippen molar-refractivity contribution in [2.75, 3.05) is 0 Å². The maximum atomic E-state index is 13.7. The van der Waals surface area contributed by atoms with Gasteiger partial charge in [-0.05, 0) is 18.2 Å². The summed E-state index contributed by atoms with van der Waals surface area (Å²) in [7, 11) is 0. The molecule has 0 unspecified atom stereocenters. The molecule has 1 aromatic carbocycles. The zero-order chi connectivity index (χ0) is 17.1. The van der Waals surface area contributed by atoms with Crippen LogP contribution in [0.5, 0.6) is 11.5 Å². The molecule has 0 amide bonds. The number of alkyl halides is 6. The third kappa shape index (κ3) is 5.50. The first-order valence-corrected chi connectivity index (χ1v) is 5.14. The van der Waals surface area contributed by atoms with Gasteiger partial charge in [0.1, 0.15) is 0 Å². The molecular weight excluding hydrogens is 329 g/mol. The van der Waals surface area contributed by atoms with Crippen LogP contribution in [-0.2, 0) is 4.79 Å². The molecule has 0 fully saturated rings. The van der Waals surface area contributed by atoms with Crippen LogP contribution in [-0.4, -0.2) is 23.8 Å². The van der Waals surface area contributed by atoms with Gasteiger partial charge in [-0.1, -0.05) is 0 Å². The largest absolute Gasteiger partial charge is 0.573 e. The fourth-order valence-electron chi connectivity index (χ4n) is 1.27. The molecule has 0 saturated carbocycles. The van der Waals surface area contributed by atoms with Crippen molar-refractivity contribution in [3.63, 3.8) is 0 Å². The summed E-state index contributed by atoms with van der Waals surface area (Å²) in [6.07, 6.45) is -9.88. The van der Waals surface area contributed by atoms with E-state index in [1.54, 1.807) is 0 Å². The van der Waals surface area contributed by atoms with Crippen LogP contribution in [0, 0.1) is 5.82 Å². The Hall–Kier alpha value is -2.46. The number of hydrogen-bond donors (Lipinski definition) is 1. The summed E-state index contributed by atoms with van der Waals surface area (Å²) in [5.41, 5.74) is -0.744. The SMILES string of the molecule is O=C(O)/C=C/c1ccc(OC(F)(F)F)c(F)c1OC(F)(F)F. The molecule has 1 rings (SSSR count). The molecule has 22 heavy (non-hydrogen) atoms. The van der Waals surface area contributed by atoms with Crippen molar-refractivity contribution in [3.8, 4) is 11.5 Å². The van der Waals surface area contributed by atoms with Crippen LogP contribution >= 0.6 is 0 Å². The van der Waals surface area contributed by atoms with Gasteiger partial charge in [-0.3, -0.25) is 0 Å². The standard InChI is InChI=1S/C11H5F7O4/c12-8-6(21-10(13,14)15)3-1-5(2-4-7(19)20)9(8)22-11(16,17)18/h1-4H,(H,19,20)/b4-2+. The van der Waals surface area contributed by atoms with Gasteiger partial charge >= 0.3 is 18.7 Å². The lowest BCUT2D eigenvalue weighted by molar-refractivity contribution is -0.278. The minimum atomic E-state index is -5.41. The van der Waals surface area contributed by atoms with E-state index >= 15 is 0 Å². The van der Waals surface area contributed by atoms with Gasteiger partial charge in [0.15, 0.2) is 11.5 Å². The monoisotopic (exact) mass is 334 g/mol. The van der Waals surface area contributed by atoms with Gasteiger partial charge in [0.25, 0.3) is 0 Å². The minimum absolute atomic E-state index is 0.350. The number of carboxylic acids is 1. The Morgan fingerprint density at radius 1 is 1.05 bits per heavy atom. The van der Waals surface area contributed by atoms with E-state index in [9.17, 15) is 35.5 Å². The molecule has 0 heterocycles. The number of carbonyl (C=O) groups is 1. The van der Waals surface area contributed by atoms with Crippen LogP contribution in [0.15, 0.2) is 18.2 Å². The first kappa shape index (κ1) is 17.6. The van der Waals surface area contributed by atoms with Gasteiger partial charge < -0.3 is 14.6 Å². The topological polar surface area (TPSA) is 55.8 Å². The predicted octanol–water partition coefficient (Wildman–Crippen LogP) is 3.72. The highest BCUT2D eigenvalue weighted by Gasteiger charge is 2.37. The van der Waals surface area contributed by atoms with Crippen LogP contribution in [0.1, 0.15) is 5.56 Å². The van der Waals surface area contributed by atoms with Crippen molar-refractivity contribution in [3.05, 3.63) is 29.6 Å². The highest BCUT2D eigenvalue weighted by molar-refractivity contribution is 5.86. The summed E-state index contributed by atoms with van der Waals surface area (Å²) in [6, 6.07) is 0.957. The lowest BCUT2D eigenvalue weighted by atomic mass is 10.1. The van der Waals surface area contributed by atoms with Gasteiger partial charge in [-0.2, -0.15) is 4.39 Å². The van der Waals surface area contributed by atoms with Gasteiger partial charge in [0.05, 0.1) is 0 Å². The fraction of sp³-hybridized carbons (Fsp3) is 0.182. The normalized spacial score (nSPS) is 12.5. The number of rotatable bonds is 4. The Kier molecular flexibility index (Phi) is 4.89. The molecule has 0 aliphatic rings. The number of carboxylic acid groups (broad SMARTS) is 1. The van der Waals surface area contributed by atoms with Crippen molar-refractivity contribution in [1.82, 2.24) is 0 Å². The molecule has 1 aromatic rings. The zero-order valence-corrected chi connectivity index (χ0v) is 10.1. The van der Waals surface area contributed by atoms with E-state index < -0.39 is 41.6 Å². The Balaban J connectivity index is 3.35. The van der Waals surface area contributed by atoms with Crippen molar-refractivity contribution in [1.29, 1.82) is 0 Å². The van der Waals surface area contributed by atoms with E-state index in [-0.39, 0.29) is 0 Å². The summed E-state index contributed by atoms with van der Waals surface area (Å²) >= 11 is 0. The van der Waals surface area contributed by atoms with Crippen LogP contribution in [0.4, 0.5) is 30.7 Å². The second-order valence-corrected chi connectivity index (χ2v) is 3.56. The minimum Gasteiger partial charge on any atom is -0.478 e. The Labute approximate surface area is 117 Å². The summed E-state index contributed by atoms with van der Waals surface area (Å²) in [4.78, 5) is 10.3. The number of benzene rings is 1. The summed E-state index contributed by atoms with van der Waals surface area (Å²) in [5, 5.41) is 8.36. The van der Waals surface area contributed by atoms with Crippen LogP contribution in [0.3, 0.4) is 0 Å². The van der Waals surface area contributed by atoms with E-state index in [1.807, 2.05) is 0 Å². The molecule has 1 N–H and O–H groups in total. The highest BCUT2D eigenvalue weighted by atomic mass is 19.4. The third-order valence-electron chi connectivity index (χ3n) is 1.94. The Bertz CT molecular complexity index is 589. The molecule has 0 radical (unpaired) electrons.